The summed E-state index contributed by atoms with van der Waals surface area (Å²) in [7, 11) is 1.60. The van der Waals surface area contributed by atoms with E-state index in [0.29, 0.717) is 41.1 Å². The summed E-state index contributed by atoms with van der Waals surface area (Å²) in [4.78, 5) is 18.7. The molecule has 1 unspecified atom stereocenters. The van der Waals surface area contributed by atoms with Crippen molar-refractivity contribution in [3.63, 3.8) is 0 Å². The molecule has 1 amide bonds. The molecule has 1 aromatic heterocycles. The van der Waals surface area contributed by atoms with Crippen molar-refractivity contribution in [3.8, 4) is 17.1 Å². The van der Waals surface area contributed by atoms with Gasteiger partial charge in [-0.15, -0.1) is 0 Å². The topological polar surface area (TPSA) is 68.5 Å². The summed E-state index contributed by atoms with van der Waals surface area (Å²) >= 11 is 6.33. The van der Waals surface area contributed by atoms with Crippen molar-refractivity contribution in [2.75, 3.05) is 18.6 Å². The lowest BCUT2D eigenvalue weighted by atomic mass is 10.1. The molecule has 2 aromatic carbocycles. The standard InChI is InChI=1S/C20H18ClN3O3/c1-12-7-8-16(15(21)9-12)24-11-13(10-18(24)25)20-22-19(23-27-20)14-5-3-4-6-17(14)26-2/h3-9,13H,10-11H2,1-2H3. The van der Waals surface area contributed by atoms with Gasteiger partial charge in [-0.3, -0.25) is 4.79 Å². The number of anilines is 1. The number of methoxy groups -OCH3 is 1. The lowest BCUT2D eigenvalue weighted by molar-refractivity contribution is -0.117. The van der Waals surface area contributed by atoms with Gasteiger partial charge in [-0.05, 0) is 36.8 Å². The van der Waals surface area contributed by atoms with Crippen LogP contribution in [0.1, 0.15) is 23.8 Å². The quantitative estimate of drug-likeness (QED) is 0.674. The summed E-state index contributed by atoms with van der Waals surface area (Å²) in [6.45, 7) is 2.41. The van der Waals surface area contributed by atoms with Gasteiger partial charge in [0.25, 0.3) is 0 Å². The number of hydrogen-bond acceptors (Lipinski definition) is 5. The minimum atomic E-state index is -0.175. The number of aryl methyl sites for hydroxylation is 1. The zero-order valence-corrected chi connectivity index (χ0v) is 15.7. The fraction of sp³-hybridized carbons (Fsp3) is 0.250. The summed E-state index contributed by atoms with van der Waals surface area (Å²) in [6.07, 6.45) is 0.303. The summed E-state index contributed by atoms with van der Waals surface area (Å²) < 4.78 is 10.8. The summed E-state index contributed by atoms with van der Waals surface area (Å²) in [5.74, 6) is 1.37. The minimum absolute atomic E-state index is 0.0113. The van der Waals surface area contributed by atoms with Crippen LogP contribution in [0.3, 0.4) is 0 Å². The second-order valence-corrected chi connectivity index (χ2v) is 6.92. The maximum atomic E-state index is 12.5. The largest absolute Gasteiger partial charge is 0.496 e. The molecule has 0 aliphatic carbocycles. The SMILES string of the molecule is COc1ccccc1-c1noc(C2CC(=O)N(c3ccc(C)cc3Cl)C2)n1. The second kappa shape index (κ2) is 7.04. The number of carbonyl (C=O) groups excluding carboxylic acids is 1. The molecule has 7 heteroatoms. The Labute approximate surface area is 161 Å². The Morgan fingerprint density at radius 1 is 1.26 bits per heavy atom. The van der Waals surface area contributed by atoms with Crippen LogP contribution >= 0.6 is 11.6 Å². The Morgan fingerprint density at radius 3 is 2.85 bits per heavy atom. The lowest BCUT2D eigenvalue weighted by Gasteiger charge is -2.18. The molecular formula is C20H18ClN3O3. The molecule has 0 spiro atoms. The predicted molar refractivity (Wildman–Crippen MR) is 102 cm³/mol. The van der Waals surface area contributed by atoms with Crippen LogP contribution in [-0.2, 0) is 4.79 Å². The predicted octanol–water partition coefficient (Wildman–Crippen LogP) is 4.23. The Balaban J connectivity index is 1.59. The van der Waals surface area contributed by atoms with E-state index in [1.807, 2.05) is 49.4 Å². The number of aromatic nitrogens is 2. The number of benzene rings is 2. The number of halogens is 1. The number of para-hydroxylation sites is 1. The number of nitrogens with zero attached hydrogens (tertiary/aromatic N) is 3. The molecule has 0 N–H and O–H groups in total. The van der Waals surface area contributed by atoms with Crippen molar-refractivity contribution < 1.29 is 14.1 Å². The molecule has 27 heavy (non-hydrogen) atoms. The van der Waals surface area contributed by atoms with E-state index < -0.39 is 0 Å². The number of amides is 1. The third-order valence-electron chi connectivity index (χ3n) is 4.66. The second-order valence-electron chi connectivity index (χ2n) is 6.52. The number of ether oxygens (including phenoxy) is 1. The summed E-state index contributed by atoms with van der Waals surface area (Å²) in [5.41, 5.74) is 2.50. The molecule has 3 aromatic rings. The molecule has 1 aliphatic heterocycles. The lowest BCUT2D eigenvalue weighted by Crippen LogP contribution is -2.24. The van der Waals surface area contributed by atoms with E-state index in [-0.39, 0.29) is 11.8 Å². The third kappa shape index (κ3) is 3.28. The van der Waals surface area contributed by atoms with Crippen molar-refractivity contribution in [2.45, 2.75) is 19.3 Å². The van der Waals surface area contributed by atoms with Crippen LogP contribution in [0, 0.1) is 6.92 Å². The average molecular weight is 384 g/mol. The van der Waals surface area contributed by atoms with Gasteiger partial charge in [0, 0.05) is 13.0 Å². The van der Waals surface area contributed by atoms with Crippen LogP contribution in [0.5, 0.6) is 5.75 Å². The van der Waals surface area contributed by atoms with Gasteiger partial charge in [-0.25, -0.2) is 0 Å². The van der Waals surface area contributed by atoms with E-state index >= 15 is 0 Å². The zero-order valence-electron chi connectivity index (χ0n) is 15.0. The molecule has 1 fully saturated rings. The number of carbonyl (C=O) groups is 1. The van der Waals surface area contributed by atoms with Gasteiger partial charge in [0.15, 0.2) is 0 Å². The molecule has 2 heterocycles. The molecule has 1 aliphatic rings. The van der Waals surface area contributed by atoms with Crippen molar-refractivity contribution in [2.24, 2.45) is 0 Å². The van der Waals surface area contributed by atoms with Gasteiger partial charge in [0.05, 0.1) is 29.3 Å². The Hall–Kier alpha value is -2.86. The van der Waals surface area contributed by atoms with Gasteiger partial charge >= 0.3 is 0 Å². The molecule has 0 radical (unpaired) electrons. The van der Waals surface area contributed by atoms with Crippen LogP contribution in [-0.4, -0.2) is 29.7 Å². The molecule has 0 saturated carbocycles. The van der Waals surface area contributed by atoms with Crippen molar-refractivity contribution >= 4 is 23.2 Å². The highest BCUT2D eigenvalue weighted by Gasteiger charge is 2.36. The average Bonchev–Trinajstić information content (AvgIpc) is 3.29. The first-order chi connectivity index (χ1) is 13.1. The first-order valence-electron chi connectivity index (χ1n) is 8.60. The fourth-order valence-corrected chi connectivity index (χ4v) is 3.61. The van der Waals surface area contributed by atoms with Gasteiger partial charge in [0.2, 0.25) is 17.6 Å². The zero-order chi connectivity index (χ0) is 19.0. The highest BCUT2D eigenvalue weighted by molar-refractivity contribution is 6.34. The molecule has 1 atom stereocenters. The van der Waals surface area contributed by atoms with E-state index in [1.165, 1.54) is 0 Å². The van der Waals surface area contributed by atoms with Crippen molar-refractivity contribution in [1.82, 2.24) is 10.1 Å². The Kier molecular flexibility index (Phi) is 4.58. The van der Waals surface area contributed by atoms with Crippen LogP contribution < -0.4 is 9.64 Å². The maximum Gasteiger partial charge on any atom is 0.232 e. The van der Waals surface area contributed by atoms with Gasteiger partial charge in [-0.1, -0.05) is 35.0 Å². The van der Waals surface area contributed by atoms with E-state index in [9.17, 15) is 4.79 Å². The highest BCUT2D eigenvalue weighted by atomic mass is 35.5. The van der Waals surface area contributed by atoms with E-state index in [4.69, 9.17) is 20.9 Å². The van der Waals surface area contributed by atoms with Crippen molar-refractivity contribution in [1.29, 1.82) is 0 Å². The van der Waals surface area contributed by atoms with E-state index in [2.05, 4.69) is 10.1 Å². The van der Waals surface area contributed by atoms with Crippen LogP contribution in [0.25, 0.3) is 11.4 Å². The highest BCUT2D eigenvalue weighted by Crippen LogP contribution is 2.36. The monoisotopic (exact) mass is 383 g/mol. The van der Waals surface area contributed by atoms with Crippen molar-refractivity contribution in [3.05, 3.63) is 58.9 Å². The normalized spacial score (nSPS) is 16.8. The summed E-state index contributed by atoms with van der Waals surface area (Å²) in [6, 6.07) is 13.1. The smallest absolute Gasteiger partial charge is 0.232 e. The Bertz CT molecular complexity index is 1000. The molecule has 1 saturated heterocycles. The number of hydrogen-bond donors (Lipinski definition) is 0. The number of rotatable bonds is 4. The van der Waals surface area contributed by atoms with E-state index in [1.54, 1.807) is 12.0 Å². The van der Waals surface area contributed by atoms with Gasteiger partial charge in [-0.2, -0.15) is 4.98 Å². The molecule has 4 rings (SSSR count). The molecular weight excluding hydrogens is 366 g/mol. The van der Waals surface area contributed by atoms with Crippen LogP contribution in [0.2, 0.25) is 5.02 Å². The Morgan fingerprint density at radius 2 is 2.07 bits per heavy atom. The summed E-state index contributed by atoms with van der Waals surface area (Å²) in [5, 5.41) is 4.63. The first-order valence-corrected chi connectivity index (χ1v) is 8.98. The minimum Gasteiger partial charge on any atom is -0.496 e. The molecule has 138 valence electrons. The maximum absolute atomic E-state index is 12.5. The van der Waals surface area contributed by atoms with E-state index in [0.717, 1.165) is 11.1 Å². The molecule has 6 nitrogen and oxygen atoms in total. The molecule has 0 bridgehead atoms. The fourth-order valence-electron chi connectivity index (χ4n) is 3.28. The van der Waals surface area contributed by atoms with Crippen LogP contribution in [0.4, 0.5) is 5.69 Å². The first kappa shape index (κ1) is 17.5. The third-order valence-corrected chi connectivity index (χ3v) is 4.96. The van der Waals surface area contributed by atoms with Crippen LogP contribution in [0.15, 0.2) is 47.0 Å². The van der Waals surface area contributed by atoms with Gasteiger partial charge in [0.1, 0.15) is 5.75 Å². The van der Waals surface area contributed by atoms with Gasteiger partial charge < -0.3 is 14.2 Å².